The Bertz CT molecular complexity index is 1060. The number of likely N-dealkylation sites (tertiary alicyclic amines) is 1. The Morgan fingerprint density at radius 3 is 2.62 bits per heavy atom. The van der Waals surface area contributed by atoms with Gasteiger partial charge in [-0.15, -0.1) is 11.8 Å². The van der Waals surface area contributed by atoms with Crippen LogP contribution in [0.1, 0.15) is 24.0 Å². The number of aliphatic hydroxyl groups is 1. The van der Waals surface area contributed by atoms with Gasteiger partial charge >= 0.3 is 5.97 Å². The number of thioether (sulfide) groups is 1. The van der Waals surface area contributed by atoms with E-state index in [1.165, 1.54) is 0 Å². The molecule has 5 atom stereocenters. The molecule has 5 rings (SSSR count). The van der Waals surface area contributed by atoms with Crippen LogP contribution >= 0.6 is 11.8 Å². The molecule has 0 saturated carbocycles. The summed E-state index contributed by atoms with van der Waals surface area (Å²) in [6.45, 7) is 4.99. The highest BCUT2D eigenvalue weighted by Gasteiger charge is 2.71. The zero-order valence-corrected chi connectivity index (χ0v) is 20.3. The number of anilines is 1. The molecule has 2 saturated heterocycles. The molecule has 180 valence electrons. The molecular formula is C26H30N2O5S. The molecule has 0 bridgehead atoms. The van der Waals surface area contributed by atoms with Gasteiger partial charge in [-0.2, -0.15) is 0 Å². The fourth-order valence-corrected chi connectivity index (χ4v) is 8.04. The van der Waals surface area contributed by atoms with Crippen LogP contribution in [-0.2, 0) is 19.1 Å². The number of cyclic esters (lactones) is 1. The molecule has 4 aliphatic heterocycles. The molecule has 2 fully saturated rings. The van der Waals surface area contributed by atoms with Gasteiger partial charge in [-0.25, -0.2) is 0 Å². The molecule has 1 N–H and O–H groups in total. The fraction of sp³-hybridized carbons (Fsp3) is 0.500. The highest BCUT2D eigenvalue weighted by Crippen LogP contribution is 2.61. The topological polar surface area (TPSA) is 87.2 Å². The van der Waals surface area contributed by atoms with E-state index in [1.54, 1.807) is 21.6 Å². The normalized spacial score (nSPS) is 32.3. The van der Waals surface area contributed by atoms with Crippen LogP contribution in [0.5, 0.6) is 0 Å². The lowest BCUT2D eigenvalue weighted by atomic mass is 9.78. The molecule has 1 unspecified atom stereocenters. The number of carbonyl (C=O) groups excluding carboxylic acids is 3. The van der Waals surface area contributed by atoms with Crippen molar-refractivity contribution in [1.82, 2.24) is 4.90 Å². The van der Waals surface area contributed by atoms with Crippen LogP contribution in [0.25, 0.3) is 0 Å². The summed E-state index contributed by atoms with van der Waals surface area (Å²) in [6, 6.07) is 5.23. The Morgan fingerprint density at radius 2 is 1.88 bits per heavy atom. The third-order valence-corrected chi connectivity index (χ3v) is 9.17. The Labute approximate surface area is 203 Å². The van der Waals surface area contributed by atoms with Crippen LogP contribution in [-0.4, -0.2) is 70.1 Å². The number of fused-ring (bicyclic) bond motifs is 2. The van der Waals surface area contributed by atoms with Gasteiger partial charge in [-0.05, 0) is 37.8 Å². The van der Waals surface area contributed by atoms with E-state index in [2.05, 4.69) is 0 Å². The Hall–Kier alpha value is -2.58. The lowest BCUT2D eigenvalue weighted by molar-refractivity contribution is -0.151. The number of aliphatic hydroxyl groups excluding tert-OH is 1. The summed E-state index contributed by atoms with van der Waals surface area (Å²) in [7, 11) is 0. The van der Waals surface area contributed by atoms with Crippen molar-refractivity contribution in [2.24, 2.45) is 11.8 Å². The van der Waals surface area contributed by atoms with Gasteiger partial charge in [0.2, 0.25) is 5.91 Å². The summed E-state index contributed by atoms with van der Waals surface area (Å²) in [5, 5.41) is 9.09. The third-order valence-electron chi connectivity index (χ3n) is 7.43. The van der Waals surface area contributed by atoms with Gasteiger partial charge in [0.1, 0.15) is 12.6 Å². The zero-order chi connectivity index (χ0) is 24.0. The van der Waals surface area contributed by atoms with E-state index in [0.717, 1.165) is 16.8 Å². The first kappa shape index (κ1) is 23.2. The highest BCUT2D eigenvalue weighted by molar-refractivity contribution is 8.02. The maximum atomic E-state index is 14.3. The summed E-state index contributed by atoms with van der Waals surface area (Å²) in [5.74, 6) is -1.94. The second-order valence-corrected chi connectivity index (χ2v) is 10.9. The zero-order valence-electron chi connectivity index (χ0n) is 19.5. The van der Waals surface area contributed by atoms with Crippen molar-refractivity contribution in [2.75, 3.05) is 31.2 Å². The Kier molecular flexibility index (Phi) is 6.06. The molecule has 0 aliphatic carbocycles. The second-order valence-electron chi connectivity index (χ2n) is 9.45. The van der Waals surface area contributed by atoms with E-state index in [4.69, 9.17) is 4.74 Å². The maximum Gasteiger partial charge on any atom is 0.311 e. The quantitative estimate of drug-likeness (QED) is 0.394. The molecule has 0 aromatic heterocycles. The van der Waals surface area contributed by atoms with E-state index >= 15 is 0 Å². The number of nitrogens with zero attached hydrogens (tertiary/aromatic N) is 2. The number of aryl methyl sites for hydroxylation is 2. The average Bonchev–Trinajstić information content (AvgIpc) is 3.10. The minimum Gasteiger partial charge on any atom is -0.461 e. The average molecular weight is 483 g/mol. The molecule has 34 heavy (non-hydrogen) atoms. The standard InChI is InChI=1S/C26H30N2O5S/c1-16-8-5-9-17(2)21(16)27-13-7-11-26-20(19-18(34-26)10-6-15-33-25(19)32)23(30)28(12-3-4-14-29)22(26)24(27)31/h5-11,18-20,22,29H,3-4,12-15H2,1-2H3/t18-,19+,20-,22?,26-/m0/s1. The Morgan fingerprint density at radius 1 is 1.12 bits per heavy atom. The van der Waals surface area contributed by atoms with E-state index in [-0.39, 0.29) is 36.2 Å². The van der Waals surface area contributed by atoms with Gasteiger partial charge in [-0.3, -0.25) is 14.4 Å². The van der Waals surface area contributed by atoms with Crippen molar-refractivity contribution in [2.45, 2.75) is 42.7 Å². The minimum absolute atomic E-state index is 0.0280. The third kappa shape index (κ3) is 3.41. The number of unbranched alkanes of at least 4 members (excludes halogenated alkanes) is 1. The summed E-state index contributed by atoms with van der Waals surface area (Å²) < 4.78 is 4.56. The summed E-state index contributed by atoms with van der Waals surface area (Å²) in [6.07, 6.45) is 8.91. The number of esters is 1. The molecular weight excluding hydrogens is 452 g/mol. The predicted molar refractivity (Wildman–Crippen MR) is 130 cm³/mol. The number of para-hydroxylation sites is 1. The second kappa shape index (κ2) is 8.89. The number of hydrogen-bond acceptors (Lipinski definition) is 6. The van der Waals surface area contributed by atoms with Gasteiger partial charge in [0.15, 0.2) is 0 Å². The first-order chi connectivity index (χ1) is 16.4. The molecule has 4 heterocycles. The van der Waals surface area contributed by atoms with Crippen molar-refractivity contribution in [3.05, 3.63) is 53.6 Å². The molecule has 4 aliphatic rings. The molecule has 2 amide bonds. The fourth-order valence-electron chi connectivity index (χ4n) is 6.03. The van der Waals surface area contributed by atoms with Crippen LogP contribution in [0.3, 0.4) is 0 Å². The molecule has 1 aromatic carbocycles. The van der Waals surface area contributed by atoms with Crippen molar-refractivity contribution in [3.63, 3.8) is 0 Å². The lowest BCUT2D eigenvalue weighted by Crippen LogP contribution is -2.53. The maximum absolute atomic E-state index is 14.3. The monoisotopic (exact) mass is 482 g/mol. The van der Waals surface area contributed by atoms with Crippen molar-refractivity contribution < 1.29 is 24.2 Å². The van der Waals surface area contributed by atoms with Gasteiger partial charge in [0.25, 0.3) is 5.91 Å². The number of hydrogen-bond donors (Lipinski definition) is 1. The smallest absolute Gasteiger partial charge is 0.311 e. The largest absolute Gasteiger partial charge is 0.461 e. The molecule has 0 radical (unpaired) electrons. The van der Waals surface area contributed by atoms with Crippen molar-refractivity contribution in [3.8, 4) is 0 Å². The van der Waals surface area contributed by atoms with E-state index in [0.29, 0.717) is 25.9 Å². The number of carbonyl (C=O) groups is 3. The molecule has 1 spiro atoms. The minimum atomic E-state index is -0.839. The number of ether oxygens (including phenoxy) is 1. The van der Waals surface area contributed by atoms with E-state index in [1.807, 2.05) is 56.4 Å². The first-order valence-electron chi connectivity index (χ1n) is 11.9. The summed E-state index contributed by atoms with van der Waals surface area (Å²) in [5.41, 5.74) is 2.87. The molecule has 7 nitrogen and oxygen atoms in total. The van der Waals surface area contributed by atoms with Crippen molar-refractivity contribution in [1.29, 1.82) is 0 Å². The van der Waals surface area contributed by atoms with Crippen LogP contribution in [0, 0.1) is 25.7 Å². The number of benzene rings is 1. The van der Waals surface area contributed by atoms with Gasteiger partial charge in [0, 0.05) is 30.6 Å². The SMILES string of the molecule is Cc1cccc(C)c1N1CC=C[C@]23S[C@H]4C=CCOC(=O)[C@H]4[C@H]2C(=O)N(CCCCO)C3C1=O. The van der Waals surface area contributed by atoms with Gasteiger partial charge in [0.05, 0.1) is 16.6 Å². The lowest BCUT2D eigenvalue weighted by Gasteiger charge is -2.36. The Balaban J connectivity index is 1.62. The van der Waals surface area contributed by atoms with Crippen molar-refractivity contribution >= 4 is 35.2 Å². The van der Waals surface area contributed by atoms with Gasteiger partial charge in [-0.1, -0.05) is 42.5 Å². The highest BCUT2D eigenvalue weighted by atomic mass is 32.2. The first-order valence-corrected chi connectivity index (χ1v) is 12.8. The summed E-state index contributed by atoms with van der Waals surface area (Å²) in [4.78, 5) is 44.6. The summed E-state index contributed by atoms with van der Waals surface area (Å²) >= 11 is 1.55. The molecule has 1 aromatic rings. The van der Waals surface area contributed by atoms with E-state index < -0.39 is 22.6 Å². The number of rotatable bonds is 5. The van der Waals surface area contributed by atoms with Crippen LogP contribution < -0.4 is 4.90 Å². The van der Waals surface area contributed by atoms with Crippen LogP contribution in [0.4, 0.5) is 5.69 Å². The molecule has 8 heteroatoms. The number of amides is 2. The van der Waals surface area contributed by atoms with E-state index in [9.17, 15) is 19.5 Å². The predicted octanol–water partition coefficient (Wildman–Crippen LogP) is 2.39. The van der Waals surface area contributed by atoms with Crippen LogP contribution in [0.2, 0.25) is 0 Å². The van der Waals surface area contributed by atoms with Gasteiger partial charge < -0.3 is 19.6 Å². The van der Waals surface area contributed by atoms with Crippen LogP contribution in [0.15, 0.2) is 42.5 Å².